The van der Waals surface area contributed by atoms with E-state index < -0.39 is 5.54 Å². The number of benzene rings is 1. The SMILES string of the molecule is COc1ccccc1Oc1ccc2cc(C)c(C(=O)NC3(C)CCNC3=O)n2c1. The Balaban J connectivity index is 1.68. The van der Waals surface area contributed by atoms with Crippen LogP contribution in [-0.4, -0.2) is 35.4 Å². The van der Waals surface area contributed by atoms with E-state index in [0.29, 0.717) is 35.9 Å². The van der Waals surface area contributed by atoms with Crippen LogP contribution in [-0.2, 0) is 4.79 Å². The predicted molar refractivity (Wildman–Crippen MR) is 109 cm³/mol. The zero-order valence-electron chi connectivity index (χ0n) is 16.6. The maximum Gasteiger partial charge on any atom is 0.269 e. The monoisotopic (exact) mass is 393 g/mol. The summed E-state index contributed by atoms with van der Waals surface area (Å²) < 4.78 is 13.1. The van der Waals surface area contributed by atoms with E-state index in [1.54, 1.807) is 24.6 Å². The summed E-state index contributed by atoms with van der Waals surface area (Å²) in [6, 6.07) is 13.0. The first-order valence-electron chi connectivity index (χ1n) is 9.45. The highest BCUT2D eigenvalue weighted by Crippen LogP contribution is 2.31. The number of nitrogens with zero attached hydrogens (tertiary/aromatic N) is 1. The maximum atomic E-state index is 13.0. The highest BCUT2D eigenvalue weighted by molar-refractivity contribution is 6.00. The van der Waals surface area contributed by atoms with Gasteiger partial charge in [0.1, 0.15) is 17.0 Å². The van der Waals surface area contributed by atoms with Gasteiger partial charge in [-0.2, -0.15) is 0 Å². The second kappa shape index (κ2) is 7.16. The number of hydrogen-bond acceptors (Lipinski definition) is 4. The van der Waals surface area contributed by atoms with Gasteiger partial charge in [-0.25, -0.2) is 0 Å². The van der Waals surface area contributed by atoms with E-state index in [1.807, 2.05) is 49.4 Å². The Hall–Kier alpha value is -3.48. The van der Waals surface area contributed by atoms with Gasteiger partial charge in [-0.05, 0) is 56.2 Å². The van der Waals surface area contributed by atoms with Crippen molar-refractivity contribution in [2.75, 3.05) is 13.7 Å². The zero-order valence-corrected chi connectivity index (χ0v) is 16.6. The smallest absolute Gasteiger partial charge is 0.269 e. The molecule has 7 heteroatoms. The van der Waals surface area contributed by atoms with E-state index in [2.05, 4.69) is 10.6 Å². The Bertz CT molecular complexity index is 1100. The normalized spacial score (nSPS) is 18.5. The molecule has 1 atom stereocenters. The van der Waals surface area contributed by atoms with Crippen molar-refractivity contribution in [3.05, 3.63) is 59.9 Å². The van der Waals surface area contributed by atoms with E-state index in [9.17, 15) is 9.59 Å². The molecule has 0 spiro atoms. The van der Waals surface area contributed by atoms with Crippen LogP contribution in [0.1, 0.15) is 29.4 Å². The molecule has 4 rings (SSSR count). The number of aryl methyl sites for hydroxylation is 1. The van der Waals surface area contributed by atoms with Crippen LogP contribution in [0.2, 0.25) is 0 Å². The molecule has 29 heavy (non-hydrogen) atoms. The molecule has 0 radical (unpaired) electrons. The molecule has 7 nitrogen and oxygen atoms in total. The minimum atomic E-state index is -0.904. The standard InChI is InChI=1S/C22H23N3O4/c1-14-12-15-8-9-16(29-18-7-5-4-6-17(18)28-3)13-25(15)19(14)20(26)24-22(2)10-11-23-21(22)27/h4-9,12-13H,10-11H2,1-3H3,(H,23,27)(H,24,26). The van der Waals surface area contributed by atoms with Crippen molar-refractivity contribution in [2.45, 2.75) is 25.8 Å². The first kappa shape index (κ1) is 18.9. The molecule has 1 unspecified atom stereocenters. The Labute approximate surface area is 168 Å². The fraction of sp³-hybridized carbons (Fsp3) is 0.273. The number of ether oxygens (including phenoxy) is 2. The molecular weight excluding hydrogens is 370 g/mol. The van der Waals surface area contributed by atoms with Gasteiger partial charge in [0.05, 0.1) is 13.3 Å². The van der Waals surface area contributed by atoms with Gasteiger partial charge in [0.25, 0.3) is 5.91 Å². The zero-order chi connectivity index (χ0) is 20.6. The molecule has 1 aromatic carbocycles. The molecule has 2 N–H and O–H groups in total. The van der Waals surface area contributed by atoms with Crippen LogP contribution in [0.15, 0.2) is 48.7 Å². The molecule has 1 saturated heterocycles. The molecule has 0 saturated carbocycles. The van der Waals surface area contributed by atoms with Crippen LogP contribution >= 0.6 is 0 Å². The van der Waals surface area contributed by atoms with E-state index >= 15 is 0 Å². The fourth-order valence-corrected chi connectivity index (χ4v) is 3.63. The van der Waals surface area contributed by atoms with Crippen molar-refractivity contribution in [1.82, 2.24) is 15.0 Å². The number of rotatable bonds is 5. The van der Waals surface area contributed by atoms with Crippen LogP contribution in [0.25, 0.3) is 5.52 Å². The van der Waals surface area contributed by atoms with Crippen molar-refractivity contribution in [3.8, 4) is 17.2 Å². The second-order valence-electron chi connectivity index (χ2n) is 7.38. The summed E-state index contributed by atoms with van der Waals surface area (Å²) in [5.74, 6) is 1.31. The van der Waals surface area contributed by atoms with Crippen LogP contribution in [0.5, 0.6) is 17.2 Å². The summed E-state index contributed by atoms with van der Waals surface area (Å²) in [6.45, 7) is 4.18. The first-order chi connectivity index (χ1) is 13.9. The third kappa shape index (κ3) is 3.40. The Morgan fingerprint density at radius 1 is 1.21 bits per heavy atom. The molecular formula is C22H23N3O4. The summed E-state index contributed by atoms with van der Waals surface area (Å²) in [5.41, 5.74) is 1.26. The van der Waals surface area contributed by atoms with Crippen molar-refractivity contribution >= 4 is 17.3 Å². The predicted octanol–water partition coefficient (Wildman–Crippen LogP) is 3.06. The molecule has 2 amide bonds. The van der Waals surface area contributed by atoms with E-state index in [0.717, 1.165) is 11.1 Å². The summed E-state index contributed by atoms with van der Waals surface area (Å²) in [6.07, 6.45) is 2.32. The lowest BCUT2D eigenvalue weighted by Crippen LogP contribution is -2.51. The first-order valence-corrected chi connectivity index (χ1v) is 9.45. The second-order valence-corrected chi connectivity index (χ2v) is 7.38. The number of methoxy groups -OCH3 is 1. The van der Waals surface area contributed by atoms with Gasteiger partial charge >= 0.3 is 0 Å². The lowest BCUT2D eigenvalue weighted by molar-refractivity contribution is -0.123. The minimum absolute atomic E-state index is 0.162. The number of amides is 2. The third-order valence-electron chi connectivity index (χ3n) is 5.24. The Kier molecular flexibility index (Phi) is 4.66. The molecule has 0 bridgehead atoms. The van der Waals surface area contributed by atoms with Gasteiger partial charge in [-0.1, -0.05) is 12.1 Å². The van der Waals surface area contributed by atoms with Crippen LogP contribution < -0.4 is 20.1 Å². The highest BCUT2D eigenvalue weighted by atomic mass is 16.5. The molecule has 2 aromatic heterocycles. The van der Waals surface area contributed by atoms with Crippen LogP contribution in [0.3, 0.4) is 0 Å². The van der Waals surface area contributed by atoms with E-state index in [4.69, 9.17) is 9.47 Å². The molecule has 150 valence electrons. The lowest BCUT2D eigenvalue weighted by Gasteiger charge is -2.22. The number of para-hydroxylation sites is 2. The van der Waals surface area contributed by atoms with E-state index in [1.165, 1.54) is 0 Å². The van der Waals surface area contributed by atoms with Gasteiger partial charge < -0.3 is 24.5 Å². The lowest BCUT2D eigenvalue weighted by atomic mass is 10.0. The Morgan fingerprint density at radius 2 is 1.97 bits per heavy atom. The average Bonchev–Trinajstić information content (AvgIpc) is 3.20. The van der Waals surface area contributed by atoms with Gasteiger partial charge in [0.2, 0.25) is 5.91 Å². The van der Waals surface area contributed by atoms with Crippen molar-refractivity contribution in [2.24, 2.45) is 0 Å². The molecule has 0 aliphatic carbocycles. The molecule has 1 aliphatic rings. The highest BCUT2D eigenvalue weighted by Gasteiger charge is 2.39. The number of pyridine rings is 1. The fourth-order valence-electron chi connectivity index (χ4n) is 3.63. The summed E-state index contributed by atoms with van der Waals surface area (Å²) in [4.78, 5) is 25.1. The summed E-state index contributed by atoms with van der Waals surface area (Å²) >= 11 is 0. The number of nitrogens with one attached hydrogen (secondary N) is 2. The summed E-state index contributed by atoms with van der Waals surface area (Å²) in [5, 5.41) is 5.66. The van der Waals surface area contributed by atoms with Gasteiger partial charge in [-0.3, -0.25) is 9.59 Å². The number of carbonyl (C=O) groups excluding carboxylic acids is 2. The van der Waals surface area contributed by atoms with Crippen molar-refractivity contribution in [3.63, 3.8) is 0 Å². The molecule has 1 fully saturated rings. The number of carbonyl (C=O) groups is 2. The number of fused-ring (bicyclic) bond motifs is 1. The van der Waals surface area contributed by atoms with Crippen molar-refractivity contribution in [1.29, 1.82) is 0 Å². The van der Waals surface area contributed by atoms with Crippen LogP contribution in [0.4, 0.5) is 0 Å². The maximum absolute atomic E-state index is 13.0. The van der Waals surface area contributed by atoms with Crippen LogP contribution in [0, 0.1) is 6.92 Å². The minimum Gasteiger partial charge on any atom is -0.493 e. The molecule has 3 heterocycles. The topological polar surface area (TPSA) is 81.1 Å². The van der Waals surface area contributed by atoms with Crippen molar-refractivity contribution < 1.29 is 19.1 Å². The average molecular weight is 393 g/mol. The molecule has 1 aliphatic heterocycles. The Morgan fingerprint density at radius 3 is 2.66 bits per heavy atom. The quantitative estimate of drug-likeness (QED) is 0.698. The molecule has 3 aromatic rings. The third-order valence-corrected chi connectivity index (χ3v) is 5.24. The summed E-state index contributed by atoms with van der Waals surface area (Å²) in [7, 11) is 1.59. The van der Waals surface area contributed by atoms with Gasteiger partial charge in [0.15, 0.2) is 11.5 Å². The number of aromatic nitrogens is 1. The van der Waals surface area contributed by atoms with Gasteiger partial charge in [-0.15, -0.1) is 0 Å². The number of hydrogen-bond donors (Lipinski definition) is 2. The van der Waals surface area contributed by atoms with E-state index in [-0.39, 0.29) is 11.8 Å². The largest absolute Gasteiger partial charge is 0.493 e. The van der Waals surface area contributed by atoms with Gasteiger partial charge in [0, 0.05) is 12.1 Å².